The number of carbonyl (C=O) groups excluding carboxylic acids is 3. The summed E-state index contributed by atoms with van der Waals surface area (Å²) in [6.45, 7) is 7.95. The fourth-order valence-corrected chi connectivity index (χ4v) is 3.18. The van der Waals surface area contributed by atoms with E-state index < -0.39 is 42.8 Å². The summed E-state index contributed by atoms with van der Waals surface area (Å²) < 4.78 is 16.1. The summed E-state index contributed by atoms with van der Waals surface area (Å²) in [6.07, 6.45) is 0.975. The Morgan fingerprint density at radius 2 is 1.85 bits per heavy atom. The molecule has 0 saturated heterocycles. The topological polar surface area (TPSA) is 99.1 Å². The van der Waals surface area contributed by atoms with Crippen LogP contribution in [-0.2, 0) is 28.6 Å². The molecule has 2 rings (SSSR count). The van der Waals surface area contributed by atoms with Crippen LogP contribution in [0.3, 0.4) is 0 Å². The lowest BCUT2D eigenvalue weighted by Gasteiger charge is -2.27. The number of aliphatic hydroxyl groups excluding tert-OH is 1. The van der Waals surface area contributed by atoms with Crippen molar-refractivity contribution in [2.45, 2.75) is 58.3 Å². The summed E-state index contributed by atoms with van der Waals surface area (Å²) in [4.78, 5) is 34.9. The third kappa shape index (κ3) is 4.60. The van der Waals surface area contributed by atoms with Gasteiger partial charge in [-0.2, -0.15) is 0 Å². The van der Waals surface area contributed by atoms with E-state index in [0.717, 1.165) is 0 Å². The minimum Gasteiger partial charge on any atom is -0.458 e. The molecular weight excluding hydrogens is 340 g/mol. The molecule has 0 fully saturated rings. The van der Waals surface area contributed by atoms with Crippen molar-refractivity contribution in [3.05, 3.63) is 34.9 Å². The highest BCUT2D eigenvalue weighted by molar-refractivity contribution is 5.93. The second kappa shape index (κ2) is 8.31. The van der Waals surface area contributed by atoms with Gasteiger partial charge in [0.1, 0.15) is 18.3 Å². The van der Waals surface area contributed by atoms with Crippen LogP contribution >= 0.6 is 0 Å². The standard InChI is InChI=1S/C19H24O7/c1-10-5-6-14-15(9-20)19(23)26-18(14)7-11(2)17(25-13(4)22)8-16(10)24-12(3)21/h7,16-18,20H,1,5-6,8-9H2,2-4H3. The monoisotopic (exact) mass is 364 g/mol. The van der Waals surface area contributed by atoms with Crippen LogP contribution in [0.15, 0.2) is 34.9 Å². The number of ether oxygens (including phenoxy) is 3. The highest BCUT2D eigenvalue weighted by atomic mass is 16.6. The van der Waals surface area contributed by atoms with Crippen molar-refractivity contribution in [2.24, 2.45) is 0 Å². The molecule has 142 valence electrons. The molecule has 7 heteroatoms. The van der Waals surface area contributed by atoms with Gasteiger partial charge in [-0.1, -0.05) is 6.58 Å². The van der Waals surface area contributed by atoms with E-state index in [2.05, 4.69) is 6.58 Å². The molecule has 2 aliphatic rings. The Morgan fingerprint density at radius 1 is 1.23 bits per heavy atom. The Hall–Kier alpha value is -2.41. The lowest BCUT2D eigenvalue weighted by atomic mass is 9.89. The Balaban J connectivity index is 2.44. The second-order valence-corrected chi connectivity index (χ2v) is 6.49. The molecule has 0 spiro atoms. The van der Waals surface area contributed by atoms with Gasteiger partial charge in [0.2, 0.25) is 0 Å². The number of esters is 3. The zero-order chi connectivity index (χ0) is 19.4. The summed E-state index contributed by atoms with van der Waals surface area (Å²) in [7, 11) is 0. The molecule has 0 amide bonds. The fourth-order valence-electron chi connectivity index (χ4n) is 3.18. The van der Waals surface area contributed by atoms with Gasteiger partial charge >= 0.3 is 17.9 Å². The zero-order valence-corrected chi connectivity index (χ0v) is 15.2. The smallest absolute Gasteiger partial charge is 0.337 e. The van der Waals surface area contributed by atoms with Crippen LogP contribution in [0.5, 0.6) is 0 Å². The van der Waals surface area contributed by atoms with Crippen molar-refractivity contribution in [2.75, 3.05) is 6.61 Å². The normalized spacial score (nSPS) is 26.6. The largest absolute Gasteiger partial charge is 0.458 e. The van der Waals surface area contributed by atoms with Gasteiger partial charge in [-0.25, -0.2) is 4.79 Å². The molecular formula is C19H24O7. The van der Waals surface area contributed by atoms with Gasteiger partial charge < -0.3 is 19.3 Å². The summed E-state index contributed by atoms with van der Waals surface area (Å²) in [5.74, 6) is -1.48. The Kier molecular flexibility index (Phi) is 6.37. The molecule has 7 nitrogen and oxygen atoms in total. The van der Waals surface area contributed by atoms with Crippen molar-refractivity contribution >= 4 is 17.9 Å². The first kappa shape index (κ1) is 19.9. The van der Waals surface area contributed by atoms with Gasteiger partial charge in [-0.3, -0.25) is 9.59 Å². The number of aliphatic hydroxyl groups is 1. The van der Waals surface area contributed by atoms with Crippen molar-refractivity contribution in [1.29, 1.82) is 0 Å². The average Bonchev–Trinajstić information content (AvgIpc) is 2.84. The number of carbonyl (C=O) groups is 3. The SMILES string of the molecule is C=C1CCC2=C(CO)C(=O)OC2C=C(C)C(OC(C)=O)CC1OC(C)=O. The van der Waals surface area contributed by atoms with Crippen LogP contribution in [0.4, 0.5) is 0 Å². The van der Waals surface area contributed by atoms with Crippen LogP contribution in [0, 0.1) is 0 Å². The number of fused-ring (bicyclic) bond motifs is 1. The third-order valence-electron chi connectivity index (χ3n) is 4.51. The number of hydrogen-bond donors (Lipinski definition) is 1. The second-order valence-electron chi connectivity index (χ2n) is 6.49. The Morgan fingerprint density at radius 3 is 2.42 bits per heavy atom. The molecule has 1 heterocycles. The van der Waals surface area contributed by atoms with Crippen molar-refractivity contribution in [1.82, 2.24) is 0 Å². The molecule has 0 radical (unpaired) electrons. The fraction of sp³-hybridized carbons (Fsp3) is 0.526. The van der Waals surface area contributed by atoms with E-state index in [0.29, 0.717) is 29.6 Å². The molecule has 0 saturated carbocycles. The van der Waals surface area contributed by atoms with E-state index >= 15 is 0 Å². The van der Waals surface area contributed by atoms with E-state index in [4.69, 9.17) is 14.2 Å². The molecule has 26 heavy (non-hydrogen) atoms. The van der Waals surface area contributed by atoms with Crippen LogP contribution < -0.4 is 0 Å². The van der Waals surface area contributed by atoms with E-state index in [1.165, 1.54) is 13.8 Å². The van der Waals surface area contributed by atoms with Gasteiger partial charge in [0.15, 0.2) is 0 Å². The Bertz CT molecular complexity index is 686. The summed E-state index contributed by atoms with van der Waals surface area (Å²) in [6, 6.07) is 0. The quantitative estimate of drug-likeness (QED) is 0.463. The highest BCUT2D eigenvalue weighted by Crippen LogP contribution is 2.33. The predicted molar refractivity (Wildman–Crippen MR) is 91.8 cm³/mol. The number of hydrogen-bond acceptors (Lipinski definition) is 7. The maximum absolute atomic E-state index is 12.0. The zero-order valence-electron chi connectivity index (χ0n) is 15.2. The molecule has 0 aromatic heterocycles. The molecule has 1 N–H and O–H groups in total. The van der Waals surface area contributed by atoms with Crippen LogP contribution in [0.2, 0.25) is 0 Å². The van der Waals surface area contributed by atoms with Crippen molar-refractivity contribution < 1.29 is 33.7 Å². The first-order valence-corrected chi connectivity index (χ1v) is 8.47. The van der Waals surface area contributed by atoms with Gasteiger partial charge in [0.05, 0.1) is 12.2 Å². The summed E-state index contributed by atoms with van der Waals surface area (Å²) >= 11 is 0. The Labute approximate surface area is 152 Å². The van der Waals surface area contributed by atoms with Gasteiger partial charge in [0, 0.05) is 20.3 Å². The van der Waals surface area contributed by atoms with Gasteiger partial charge in [0.25, 0.3) is 0 Å². The molecule has 0 bridgehead atoms. The molecule has 0 aromatic carbocycles. The van der Waals surface area contributed by atoms with E-state index in [-0.39, 0.29) is 12.0 Å². The van der Waals surface area contributed by atoms with Crippen LogP contribution in [0.1, 0.15) is 40.0 Å². The maximum Gasteiger partial charge on any atom is 0.337 e. The minimum atomic E-state index is -0.648. The van der Waals surface area contributed by atoms with Gasteiger partial charge in [-0.05, 0) is 42.6 Å². The average molecular weight is 364 g/mol. The minimum absolute atomic E-state index is 0.237. The molecule has 1 aliphatic carbocycles. The summed E-state index contributed by atoms with van der Waals surface area (Å²) in [5.41, 5.74) is 2.22. The van der Waals surface area contributed by atoms with Gasteiger partial charge in [-0.15, -0.1) is 0 Å². The van der Waals surface area contributed by atoms with Crippen molar-refractivity contribution in [3.63, 3.8) is 0 Å². The first-order chi connectivity index (χ1) is 12.2. The maximum atomic E-state index is 12.0. The van der Waals surface area contributed by atoms with E-state index in [1.54, 1.807) is 13.0 Å². The third-order valence-corrected chi connectivity index (χ3v) is 4.51. The van der Waals surface area contributed by atoms with Crippen LogP contribution in [-0.4, -0.2) is 47.9 Å². The highest BCUT2D eigenvalue weighted by Gasteiger charge is 2.35. The van der Waals surface area contributed by atoms with Crippen LogP contribution in [0.25, 0.3) is 0 Å². The predicted octanol–water partition coefficient (Wildman–Crippen LogP) is 1.75. The van der Waals surface area contributed by atoms with Crippen molar-refractivity contribution in [3.8, 4) is 0 Å². The van der Waals surface area contributed by atoms with E-state index in [1.807, 2.05) is 0 Å². The lowest BCUT2D eigenvalue weighted by molar-refractivity contribution is -0.150. The molecule has 3 atom stereocenters. The first-order valence-electron chi connectivity index (χ1n) is 8.47. The molecule has 3 unspecified atom stereocenters. The summed E-state index contributed by atoms with van der Waals surface area (Å²) in [5, 5.41) is 9.50. The van der Waals surface area contributed by atoms with E-state index in [9.17, 15) is 19.5 Å². The number of rotatable bonds is 3. The molecule has 1 aliphatic heterocycles. The lowest BCUT2D eigenvalue weighted by Crippen LogP contribution is -2.30. The molecule has 0 aromatic rings.